The molecule has 0 rings (SSSR count). The Morgan fingerprint density at radius 2 is 0.815 bits per heavy atom. The Bertz CT molecular complexity index is 273. The third-order valence-electron chi connectivity index (χ3n) is 6.01. The minimum Gasteiger partial charge on any atom is -0.417 e. The first-order valence-electron chi connectivity index (χ1n) is 12.9. The van der Waals surface area contributed by atoms with E-state index in [9.17, 15) is 0 Å². The zero-order valence-corrected chi connectivity index (χ0v) is 20.8. The van der Waals surface area contributed by atoms with Crippen LogP contribution in [0.2, 0.25) is 18.1 Å². The van der Waals surface area contributed by atoms with Crippen LogP contribution in [0.15, 0.2) is 0 Å². The van der Waals surface area contributed by atoms with Gasteiger partial charge in [0, 0.05) is 6.61 Å². The average molecular weight is 399 g/mol. The summed E-state index contributed by atoms with van der Waals surface area (Å²) in [6.07, 6.45) is 24.2. The highest BCUT2D eigenvalue weighted by Gasteiger charge is 2.32. The molecular weight excluding hydrogens is 344 g/mol. The number of rotatable bonds is 22. The van der Waals surface area contributed by atoms with Gasteiger partial charge in [-0.05, 0) is 24.6 Å². The molecule has 0 aliphatic carbocycles. The highest BCUT2D eigenvalue weighted by atomic mass is 28.4. The monoisotopic (exact) mass is 398 g/mol. The Morgan fingerprint density at radius 3 is 1.19 bits per heavy atom. The molecule has 0 bridgehead atoms. The highest BCUT2D eigenvalue weighted by molar-refractivity contribution is 6.73. The molecule has 0 unspecified atom stereocenters. The van der Waals surface area contributed by atoms with Gasteiger partial charge in [-0.15, -0.1) is 0 Å². The predicted molar refractivity (Wildman–Crippen MR) is 127 cm³/mol. The van der Waals surface area contributed by atoms with Crippen LogP contribution in [0, 0.1) is 0 Å². The van der Waals surface area contributed by atoms with Gasteiger partial charge < -0.3 is 4.43 Å². The van der Waals surface area contributed by atoms with Crippen LogP contribution in [-0.4, -0.2) is 14.9 Å². The van der Waals surface area contributed by atoms with E-state index in [0.29, 0.717) is 0 Å². The van der Waals surface area contributed by atoms with Gasteiger partial charge in [0.2, 0.25) is 0 Å². The summed E-state index contributed by atoms with van der Waals surface area (Å²) in [6, 6.07) is 4.20. The van der Waals surface area contributed by atoms with Crippen LogP contribution in [-0.2, 0) is 4.43 Å². The van der Waals surface area contributed by atoms with Crippen LogP contribution in [0.4, 0.5) is 0 Å². The maximum Gasteiger partial charge on any atom is 0.192 e. The molecular formula is C25H54OSi. The van der Waals surface area contributed by atoms with Crippen LogP contribution in [0.5, 0.6) is 0 Å². The normalized spacial score (nSPS) is 12.0. The Morgan fingerprint density at radius 1 is 0.407 bits per heavy atom. The van der Waals surface area contributed by atoms with Crippen molar-refractivity contribution >= 4 is 8.32 Å². The van der Waals surface area contributed by atoms with Crippen molar-refractivity contribution in [2.45, 2.75) is 155 Å². The van der Waals surface area contributed by atoms with Crippen molar-refractivity contribution in [1.82, 2.24) is 0 Å². The highest BCUT2D eigenvalue weighted by Crippen LogP contribution is 2.29. The van der Waals surface area contributed by atoms with E-state index in [1.165, 1.54) is 127 Å². The summed E-state index contributed by atoms with van der Waals surface area (Å²) in [5.74, 6) is 0. The topological polar surface area (TPSA) is 9.23 Å². The van der Waals surface area contributed by atoms with Crippen molar-refractivity contribution in [2.24, 2.45) is 0 Å². The molecule has 164 valence electrons. The molecule has 0 aromatic rings. The molecule has 27 heavy (non-hydrogen) atoms. The molecule has 2 heteroatoms. The maximum absolute atomic E-state index is 6.51. The molecule has 0 N–H and O–H groups in total. The summed E-state index contributed by atoms with van der Waals surface area (Å²) in [5, 5.41) is 0. The van der Waals surface area contributed by atoms with E-state index < -0.39 is 8.32 Å². The van der Waals surface area contributed by atoms with Crippen molar-refractivity contribution in [2.75, 3.05) is 6.61 Å². The summed E-state index contributed by atoms with van der Waals surface area (Å²) in [5.41, 5.74) is 0. The molecule has 0 aliphatic rings. The minimum atomic E-state index is -1.42. The van der Waals surface area contributed by atoms with E-state index in [4.69, 9.17) is 4.43 Å². The quantitative estimate of drug-likeness (QED) is 0.130. The van der Waals surface area contributed by atoms with Gasteiger partial charge in [-0.25, -0.2) is 0 Å². The van der Waals surface area contributed by atoms with Gasteiger partial charge in [-0.1, -0.05) is 130 Å². The van der Waals surface area contributed by atoms with Gasteiger partial charge in [0.05, 0.1) is 0 Å². The van der Waals surface area contributed by atoms with Crippen molar-refractivity contribution in [3.8, 4) is 0 Å². The number of hydrogen-bond donors (Lipinski definition) is 0. The van der Waals surface area contributed by atoms with Crippen molar-refractivity contribution < 1.29 is 4.43 Å². The van der Waals surface area contributed by atoms with Gasteiger partial charge in [0.1, 0.15) is 0 Å². The summed E-state index contributed by atoms with van der Waals surface area (Å²) in [4.78, 5) is 0. The molecule has 0 aromatic heterocycles. The summed E-state index contributed by atoms with van der Waals surface area (Å²) in [7, 11) is -1.42. The number of unbranched alkanes of at least 4 members (excludes halogenated alkanes) is 13. The van der Waals surface area contributed by atoms with Gasteiger partial charge in [0.25, 0.3) is 0 Å². The summed E-state index contributed by atoms with van der Waals surface area (Å²) >= 11 is 0. The van der Waals surface area contributed by atoms with Gasteiger partial charge in [-0.3, -0.25) is 0 Å². The Kier molecular flexibility index (Phi) is 21.0. The van der Waals surface area contributed by atoms with E-state index >= 15 is 0 Å². The first-order valence-corrected chi connectivity index (χ1v) is 15.4. The third-order valence-corrected chi connectivity index (χ3v) is 10.9. The second-order valence-corrected chi connectivity index (χ2v) is 13.0. The van der Waals surface area contributed by atoms with E-state index in [1.807, 2.05) is 0 Å². The van der Waals surface area contributed by atoms with E-state index in [2.05, 4.69) is 27.7 Å². The predicted octanol–water partition coefficient (Wildman–Crippen LogP) is 9.66. The lowest BCUT2D eigenvalue weighted by molar-refractivity contribution is 0.294. The van der Waals surface area contributed by atoms with Crippen molar-refractivity contribution in [1.29, 1.82) is 0 Å². The first-order chi connectivity index (χ1) is 13.2. The molecule has 0 aliphatic heterocycles. The third kappa shape index (κ3) is 16.8. The van der Waals surface area contributed by atoms with Crippen LogP contribution in [0.25, 0.3) is 0 Å². The van der Waals surface area contributed by atoms with Crippen molar-refractivity contribution in [3.63, 3.8) is 0 Å². The molecule has 0 saturated heterocycles. The second kappa shape index (κ2) is 20.9. The van der Waals surface area contributed by atoms with Crippen LogP contribution >= 0.6 is 0 Å². The Balaban J connectivity index is 3.61. The largest absolute Gasteiger partial charge is 0.417 e. The maximum atomic E-state index is 6.51. The summed E-state index contributed by atoms with van der Waals surface area (Å²) < 4.78 is 6.51. The SMILES string of the molecule is CCCCCCCCCCCCCCCC[Si](CCC)(CCC)OCCC. The smallest absolute Gasteiger partial charge is 0.192 e. The standard InChI is InChI=1S/C25H54OSi/c1-5-9-10-11-12-13-14-15-16-17-18-19-20-21-25-27(23-7-3,24-8-4)26-22-6-2/h5-25H2,1-4H3. The van der Waals surface area contributed by atoms with E-state index in [-0.39, 0.29) is 0 Å². The first kappa shape index (κ1) is 27.2. The fourth-order valence-corrected chi connectivity index (χ4v) is 9.00. The molecule has 0 saturated carbocycles. The molecule has 0 heterocycles. The lowest BCUT2D eigenvalue weighted by Gasteiger charge is -2.31. The van der Waals surface area contributed by atoms with Gasteiger partial charge in [-0.2, -0.15) is 0 Å². The lowest BCUT2D eigenvalue weighted by Crippen LogP contribution is -2.38. The lowest BCUT2D eigenvalue weighted by atomic mass is 10.0. The Labute approximate surface area is 174 Å². The van der Waals surface area contributed by atoms with Crippen LogP contribution in [0.3, 0.4) is 0 Å². The zero-order chi connectivity index (χ0) is 20.1. The molecule has 0 fully saturated rings. The molecule has 1 nitrogen and oxygen atoms in total. The van der Waals surface area contributed by atoms with Gasteiger partial charge in [0.15, 0.2) is 8.32 Å². The van der Waals surface area contributed by atoms with Crippen LogP contribution in [0.1, 0.15) is 137 Å². The molecule has 0 amide bonds. The molecule has 0 spiro atoms. The Hall–Kier alpha value is 0.177. The number of hydrogen-bond acceptors (Lipinski definition) is 1. The van der Waals surface area contributed by atoms with Crippen molar-refractivity contribution in [3.05, 3.63) is 0 Å². The molecule has 0 atom stereocenters. The second-order valence-electron chi connectivity index (χ2n) is 8.88. The fourth-order valence-electron chi connectivity index (χ4n) is 4.46. The fraction of sp³-hybridized carbons (Fsp3) is 1.00. The zero-order valence-electron chi connectivity index (χ0n) is 19.8. The average Bonchev–Trinajstić information content (AvgIpc) is 2.67. The molecule has 0 radical (unpaired) electrons. The van der Waals surface area contributed by atoms with E-state index in [1.54, 1.807) is 0 Å². The summed E-state index contributed by atoms with van der Waals surface area (Å²) in [6.45, 7) is 10.2. The molecule has 0 aromatic carbocycles. The van der Waals surface area contributed by atoms with Crippen LogP contribution < -0.4 is 0 Å². The minimum absolute atomic E-state index is 1.00. The van der Waals surface area contributed by atoms with E-state index in [0.717, 1.165) is 6.61 Å². The van der Waals surface area contributed by atoms with Gasteiger partial charge >= 0.3 is 0 Å².